The predicted octanol–water partition coefficient (Wildman–Crippen LogP) is 2.49. The van der Waals surface area contributed by atoms with Gasteiger partial charge in [0.25, 0.3) is 0 Å². The Morgan fingerprint density at radius 3 is 2.52 bits per heavy atom. The Bertz CT molecular complexity index is 657. The Balaban J connectivity index is 2.12. The molecule has 0 aliphatic rings. The van der Waals surface area contributed by atoms with Gasteiger partial charge in [-0.3, -0.25) is 4.79 Å². The molecule has 2 atom stereocenters. The van der Waals surface area contributed by atoms with Crippen LogP contribution in [0.5, 0.6) is 0 Å². The van der Waals surface area contributed by atoms with Crippen molar-refractivity contribution in [2.24, 2.45) is 0 Å². The average molecular weight is 318 g/mol. The molecule has 4 nitrogen and oxygen atoms in total. The third kappa shape index (κ3) is 4.37. The van der Waals surface area contributed by atoms with Crippen molar-refractivity contribution in [2.75, 3.05) is 13.2 Å². The van der Waals surface area contributed by atoms with Crippen molar-refractivity contribution in [1.82, 2.24) is 0 Å². The van der Waals surface area contributed by atoms with Crippen LogP contribution in [0, 0.1) is 5.82 Å². The van der Waals surface area contributed by atoms with E-state index in [4.69, 9.17) is 9.84 Å². The highest BCUT2D eigenvalue weighted by molar-refractivity contribution is 5.78. The van der Waals surface area contributed by atoms with Crippen LogP contribution in [0.3, 0.4) is 0 Å². The molecule has 0 aromatic heterocycles. The number of hydrogen-bond donors (Lipinski definition) is 2. The molecule has 0 saturated carbocycles. The van der Waals surface area contributed by atoms with Gasteiger partial charge in [-0.2, -0.15) is 0 Å². The number of rotatable bonds is 6. The summed E-state index contributed by atoms with van der Waals surface area (Å²) in [6.07, 6.45) is -1.11. The van der Waals surface area contributed by atoms with Gasteiger partial charge in [0.2, 0.25) is 0 Å². The Morgan fingerprint density at radius 1 is 1.22 bits per heavy atom. The van der Waals surface area contributed by atoms with Crippen molar-refractivity contribution >= 4 is 5.97 Å². The first-order chi connectivity index (χ1) is 11.0. The highest BCUT2D eigenvalue weighted by Crippen LogP contribution is 2.26. The summed E-state index contributed by atoms with van der Waals surface area (Å²) in [6.45, 7) is 0.830. The van der Waals surface area contributed by atoms with Gasteiger partial charge in [-0.15, -0.1) is 0 Å². The second kappa shape index (κ2) is 7.85. The molecule has 0 saturated heterocycles. The Labute approximate surface area is 134 Å². The summed E-state index contributed by atoms with van der Waals surface area (Å²) in [4.78, 5) is 11.9. The maximum Gasteiger partial charge on any atom is 0.313 e. The molecular weight excluding hydrogens is 299 g/mol. The van der Waals surface area contributed by atoms with Crippen molar-refractivity contribution in [3.8, 4) is 11.1 Å². The molecule has 2 rings (SSSR count). The van der Waals surface area contributed by atoms with Gasteiger partial charge in [0.1, 0.15) is 18.5 Å². The molecule has 122 valence electrons. The lowest BCUT2D eigenvalue weighted by Crippen LogP contribution is -2.24. The molecule has 0 radical (unpaired) electrons. The van der Waals surface area contributed by atoms with E-state index in [2.05, 4.69) is 0 Å². The van der Waals surface area contributed by atoms with Crippen LogP contribution in [0.15, 0.2) is 48.5 Å². The smallest absolute Gasteiger partial charge is 0.313 e. The van der Waals surface area contributed by atoms with Gasteiger partial charge < -0.3 is 14.9 Å². The van der Waals surface area contributed by atoms with Crippen LogP contribution in [-0.2, 0) is 9.53 Å². The van der Waals surface area contributed by atoms with Crippen LogP contribution in [0.1, 0.15) is 18.4 Å². The van der Waals surface area contributed by atoms with E-state index in [0.29, 0.717) is 11.1 Å². The van der Waals surface area contributed by atoms with Crippen LogP contribution in [0.25, 0.3) is 11.1 Å². The van der Waals surface area contributed by atoms with E-state index in [9.17, 15) is 14.3 Å². The lowest BCUT2D eigenvalue weighted by atomic mass is 9.97. The quantitative estimate of drug-likeness (QED) is 0.803. The monoisotopic (exact) mass is 318 g/mol. The van der Waals surface area contributed by atoms with E-state index in [1.807, 2.05) is 30.3 Å². The maximum atomic E-state index is 14.3. The summed E-state index contributed by atoms with van der Waals surface area (Å²) in [6, 6.07) is 13.8. The molecule has 0 aliphatic heterocycles. The molecule has 2 aromatic rings. The summed E-state index contributed by atoms with van der Waals surface area (Å²) >= 11 is 0. The molecule has 2 unspecified atom stereocenters. The summed E-state index contributed by atoms with van der Waals surface area (Å²) in [7, 11) is 0. The molecule has 0 heterocycles. The number of carbonyl (C=O) groups excluding carboxylic acids is 1. The van der Waals surface area contributed by atoms with Crippen molar-refractivity contribution in [3.05, 3.63) is 59.9 Å². The molecule has 2 N–H and O–H groups in total. The summed E-state index contributed by atoms with van der Waals surface area (Å²) in [5.74, 6) is -1.66. The third-order valence-corrected chi connectivity index (χ3v) is 3.56. The molecule has 0 fully saturated rings. The van der Waals surface area contributed by atoms with E-state index in [0.717, 1.165) is 5.56 Å². The van der Waals surface area contributed by atoms with Gasteiger partial charge in [0, 0.05) is 5.56 Å². The van der Waals surface area contributed by atoms with Crippen LogP contribution < -0.4 is 0 Å². The van der Waals surface area contributed by atoms with Gasteiger partial charge in [-0.25, -0.2) is 4.39 Å². The van der Waals surface area contributed by atoms with E-state index < -0.39 is 30.4 Å². The molecule has 2 aromatic carbocycles. The van der Waals surface area contributed by atoms with Crippen LogP contribution >= 0.6 is 0 Å². The lowest BCUT2D eigenvalue weighted by molar-refractivity contribution is -0.148. The normalized spacial score (nSPS) is 13.4. The first-order valence-corrected chi connectivity index (χ1v) is 7.33. The van der Waals surface area contributed by atoms with Gasteiger partial charge >= 0.3 is 5.97 Å². The number of aliphatic hydroxyl groups is 2. The Kier molecular flexibility index (Phi) is 5.84. The zero-order valence-corrected chi connectivity index (χ0v) is 12.8. The molecule has 0 bridgehead atoms. The van der Waals surface area contributed by atoms with E-state index in [1.165, 1.54) is 6.07 Å². The fourth-order valence-electron chi connectivity index (χ4n) is 2.14. The first-order valence-electron chi connectivity index (χ1n) is 7.33. The van der Waals surface area contributed by atoms with Crippen LogP contribution in [-0.4, -0.2) is 35.5 Å². The van der Waals surface area contributed by atoms with Crippen molar-refractivity contribution in [2.45, 2.75) is 18.9 Å². The number of hydrogen-bond acceptors (Lipinski definition) is 4. The van der Waals surface area contributed by atoms with Crippen LogP contribution in [0.4, 0.5) is 4.39 Å². The molecule has 0 aliphatic carbocycles. The van der Waals surface area contributed by atoms with Gasteiger partial charge in [0.05, 0.1) is 12.5 Å². The zero-order valence-electron chi connectivity index (χ0n) is 12.8. The third-order valence-electron chi connectivity index (χ3n) is 3.56. The number of ether oxygens (including phenoxy) is 1. The number of halogens is 1. The van der Waals surface area contributed by atoms with Crippen molar-refractivity contribution in [3.63, 3.8) is 0 Å². The summed E-state index contributed by atoms with van der Waals surface area (Å²) in [5.41, 5.74) is 1.72. The average Bonchev–Trinajstić information content (AvgIpc) is 2.59. The standard InChI is InChI=1S/C18H19FO4/c1-12(18(22)23-11-15(21)10-20)14-7-8-16(17(19)9-14)13-5-3-2-4-6-13/h2-9,12,15,20-21H,10-11H2,1H3. The van der Waals surface area contributed by atoms with Gasteiger partial charge in [0.15, 0.2) is 0 Å². The molecule has 5 heteroatoms. The van der Waals surface area contributed by atoms with Gasteiger partial charge in [-0.1, -0.05) is 42.5 Å². The molecule has 0 amide bonds. The SMILES string of the molecule is CC(C(=O)OCC(O)CO)c1ccc(-c2ccccc2)c(F)c1. The maximum absolute atomic E-state index is 14.3. The molecule has 23 heavy (non-hydrogen) atoms. The number of esters is 1. The fraction of sp³-hybridized carbons (Fsp3) is 0.278. The van der Waals surface area contributed by atoms with Crippen molar-refractivity contribution < 1.29 is 24.1 Å². The molecule has 0 spiro atoms. The predicted molar refractivity (Wildman–Crippen MR) is 84.3 cm³/mol. The second-order valence-corrected chi connectivity index (χ2v) is 5.29. The second-order valence-electron chi connectivity index (χ2n) is 5.29. The minimum atomic E-state index is -1.11. The lowest BCUT2D eigenvalue weighted by Gasteiger charge is -2.14. The minimum Gasteiger partial charge on any atom is -0.462 e. The van der Waals surface area contributed by atoms with Crippen LogP contribution in [0.2, 0.25) is 0 Å². The first kappa shape index (κ1) is 17.1. The number of carbonyl (C=O) groups is 1. The Hall–Kier alpha value is -2.24. The fourth-order valence-corrected chi connectivity index (χ4v) is 2.14. The summed E-state index contributed by atoms with van der Waals surface area (Å²) < 4.78 is 19.2. The number of benzene rings is 2. The summed E-state index contributed by atoms with van der Waals surface area (Å²) in [5, 5.41) is 17.9. The largest absolute Gasteiger partial charge is 0.462 e. The van der Waals surface area contributed by atoms with E-state index in [1.54, 1.807) is 19.1 Å². The van der Waals surface area contributed by atoms with E-state index >= 15 is 0 Å². The molecular formula is C18H19FO4. The Morgan fingerprint density at radius 2 is 1.91 bits per heavy atom. The topological polar surface area (TPSA) is 66.8 Å². The number of aliphatic hydroxyl groups excluding tert-OH is 2. The highest BCUT2D eigenvalue weighted by atomic mass is 19.1. The van der Waals surface area contributed by atoms with E-state index in [-0.39, 0.29) is 6.61 Å². The van der Waals surface area contributed by atoms with Gasteiger partial charge in [-0.05, 0) is 24.1 Å². The zero-order chi connectivity index (χ0) is 16.8. The highest BCUT2D eigenvalue weighted by Gasteiger charge is 2.19. The van der Waals surface area contributed by atoms with Crippen molar-refractivity contribution in [1.29, 1.82) is 0 Å². The minimum absolute atomic E-state index is 0.287.